The van der Waals surface area contributed by atoms with E-state index in [1.165, 1.54) is 15.9 Å². The van der Waals surface area contributed by atoms with Crippen molar-refractivity contribution in [1.82, 2.24) is 14.6 Å². The van der Waals surface area contributed by atoms with Crippen molar-refractivity contribution in [2.24, 2.45) is 0 Å². The second-order valence-electron chi connectivity index (χ2n) is 5.91. The highest BCUT2D eigenvalue weighted by atomic mass is 32.1. The topological polar surface area (TPSA) is 50.5 Å². The summed E-state index contributed by atoms with van der Waals surface area (Å²) in [5.74, 6) is 0.545. The lowest BCUT2D eigenvalue weighted by atomic mass is 10.2. The Morgan fingerprint density at radius 1 is 1.12 bits per heavy atom. The Labute approximate surface area is 158 Å². The van der Waals surface area contributed by atoms with Crippen molar-refractivity contribution in [3.8, 4) is 0 Å². The molecule has 0 amide bonds. The van der Waals surface area contributed by atoms with Crippen LogP contribution in [0.2, 0.25) is 0 Å². The van der Waals surface area contributed by atoms with Crippen LogP contribution in [0, 0.1) is 0 Å². The molecule has 130 valence electrons. The lowest BCUT2D eigenvalue weighted by Crippen LogP contribution is -2.23. The molecule has 1 aromatic carbocycles. The summed E-state index contributed by atoms with van der Waals surface area (Å²) in [5.41, 5.74) is 1.97. The molecule has 0 aliphatic carbocycles. The van der Waals surface area contributed by atoms with Crippen LogP contribution in [0.4, 0.5) is 5.69 Å². The summed E-state index contributed by atoms with van der Waals surface area (Å²) in [4.78, 5) is 20.8. The molecular weight excluding hydrogens is 364 g/mol. The summed E-state index contributed by atoms with van der Waals surface area (Å²) >= 11 is 3.00. The highest BCUT2D eigenvalue weighted by Gasteiger charge is 2.08. The lowest BCUT2D eigenvalue weighted by Gasteiger charge is -2.11. The first kappa shape index (κ1) is 16.7. The Bertz CT molecular complexity index is 1170. The number of nitrogens with zero attached hydrogens (tertiary/aromatic N) is 4. The van der Waals surface area contributed by atoms with Crippen molar-refractivity contribution >= 4 is 51.5 Å². The second kappa shape index (κ2) is 6.86. The number of hydrogen-bond donors (Lipinski definition) is 0. The first-order valence-electron chi connectivity index (χ1n) is 8.00. The van der Waals surface area contributed by atoms with E-state index in [0.717, 1.165) is 16.1 Å². The predicted molar refractivity (Wildman–Crippen MR) is 110 cm³/mol. The monoisotopic (exact) mass is 380 g/mol. The van der Waals surface area contributed by atoms with Crippen LogP contribution in [0.1, 0.15) is 16.3 Å². The maximum atomic E-state index is 12.6. The van der Waals surface area contributed by atoms with Gasteiger partial charge >= 0.3 is 0 Å². The average Bonchev–Trinajstić information content (AvgIpc) is 3.33. The quantitative estimate of drug-likeness (QED) is 0.546. The van der Waals surface area contributed by atoms with Crippen LogP contribution in [0.15, 0.2) is 46.6 Å². The second-order valence-corrected chi connectivity index (χ2v) is 7.90. The van der Waals surface area contributed by atoms with Crippen LogP contribution in [-0.4, -0.2) is 28.7 Å². The Morgan fingerprint density at radius 2 is 1.92 bits per heavy atom. The van der Waals surface area contributed by atoms with Crippen LogP contribution >= 0.6 is 22.7 Å². The fourth-order valence-corrected chi connectivity index (χ4v) is 4.02. The van der Waals surface area contributed by atoms with Gasteiger partial charge in [0.1, 0.15) is 0 Å². The predicted octanol–water partition coefficient (Wildman–Crippen LogP) is 3.00. The van der Waals surface area contributed by atoms with Gasteiger partial charge < -0.3 is 4.90 Å². The number of anilines is 1. The van der Waals surface area contributed by atoms with E-state index in [4.69, 9.17) is 0 Å². The molecule has 5 nitrogen and oxygen atoms in total. The van der Waals surface area contributed by atoms with Crippen molar-refractivity contribution in [2.75, 3.05) is 19.0 Å². The number of hydrogen-bond acceptors (Lipinski definition) is 6. The van der Waals surface area contributed by atoms with E-state index in [1.54, 1.807) is 11.3 Å². The van der Waals surface area contributed by atoms with Gasteiger partial charge in [-0.05, 0) is 47.4 Å². The fourth-order valence-electron chi connectivity index (χ4n) is 2.48. The molecule has 0 saturated carbocycles. The summed E-state index contributed by atoms with van der Waals surface area (Å²) in [6, 6.07) is 12.1. The summed E-state index contributed by atoms with van der Waals surface area (Å²) in [5, 5.41) is 6.32. The van der Waals surface area contributed by atoms with Gasteiger partial charge in [0, 0.05) is 24.7 Å². The van der Waals surface area contributed by atoms with Crippen LogP contribution in [0.3, 0.4) is 0 Å². The van der Waals surface area contributed by atoms with E-state index in [1.807, 2.05) is 79.0 Å². The molecular formula is C19H16N4OS2. The molecule has 0 fully saturated rings. The highest BCUT2D eigenvalue weighted by Crippen LogP contribution is 2.14. The van der Waals surface area contributed by atoms with E-state index < -0.39 is 0 Å². The van der Waals surface area contributed by atoms with Gasteiger partial charge in [-0.3, -0.25) is 4.79 Å². The van der Waals surface area contributed by atoms with Crippen molar-refractivity contribution in [2.45, 2.75) is 0 Å². The normalized spacial score (nSPS) is 12.5. The standard InChI is InChI=1S/C19H16N4OS2/c1-22(2)14-7-5-13(6-8-14)12-16-18(24)23-19(26-16)20-17(21-23)10-9-15-4-3-11-25-15/h3-12H,1-2H3/b10-9+,16-12-. The zero-order valence-corrected chi connectivity index (χ0v) is 15.9. The number of fused-ring (bicyclic) bond motifs is 1. The van der Waals surface area contributed by atoms with Gasteiger partial charge in [0.05, 0.1) is 4.53 Å². The van der Waals surface area contributed by atoms with Gasteiger partial charge in [-0.25, -0.2) is 0 Å². The van der Waals surface area contributed by atoms with Gasteiger partial charge in [-0.1, -0.05) is 29.5 Å². The van der Waals surface area contributed by atoms with Crippen LogP contribution in [-0.2, 0) is 0 Å². The van der Waals surface area contributed by atoms with E-state index in [2.05, 4.69) is 10.1 Å². The Balaban J connectivity index is 1.66. The van der Waals surface area contributed by atoms with Crippen LogP contribution < -0.4 is 15.0 Å². The molecule has 26 heavy (non-hydrogen) atoms. The molecule has 0 spiro atoms. The van der Waals surface area contributed by atoms with E-state index in [9.17, 15) is 4.79 Å². The molecule has 7 heteroatoms. The van der Waals surface area contributed by atoms with Gasteiger partial charge in [0.25, 0.3) is 5.56 Å². The minimum absolute atomic E-state index is 0.134. The SMILES string of the molecule is CN(C)c1ccc(/C=c2\sc3nc(/C=C/c4cccs4)nn3c2=O)cc1. The molecule has 0 N–H and O–H groups in total. The van der Waals surface area contributed by atoms with E-state index in [-0.39, 0.29) is 5.56 Å². The number of aromatic nitrogens is 3. The Hall–Kier alpha value is -2.77. The van der Waals surface area contributed by atoms with Crippen LogP contribution in [0.5, 0.6) is 0 Å². The number of benzene rings is 1. The third kappa shape index (κ3) is 3.31. The molecule has 0 aliphatic heterocycles. The molecule has 3 heterocycles. The summed E-state index contributed by atoms with van der Waals surface area (Å²) < 4.78 is 2.00. The molecule has 0 bridgehead atoms. The molecule has 4 rings (SSSR count). The maximum Gasteiger partial charge on any atom is 0.291 e. The van der Waals surface area contributed by atoms with Crippen molar-refractivity contribution < 1.29 is 0 Å². The van der Waals surface area contributed by atoms with Crippen molar-refractivity contribution in [3.05, 3.63) is 72.9 Å². The number of rotatable bonds is 4. The minimum atomic E-state index is -0.134. The van der Waals surface area contributed by atoms with Crippen LogP contribution in [0.25, 0.3) is 23.2 Å². The highest BCUT2D eigenvalue weighted by molar-refractivity contribution is 7.15. The summed E-state index contributed by atoms with van der Waals surface area (Å²) in [6.07, 6.45) is 5.66. The molecule has 0 radical (unpaired) electrons. The average molecular weight is 380 g/mol. The number of thiophene rings is 1. The first-order chi connectivity index (χ1) is 12.6. The molecule has 0 unspecified atom stereocenters. The lowest BCUT2D eigenvalue weighted by molar-refractivity contribution is 0.925. The third-order valence-corrected chi connectivity index (χ3v) is 5.64. The summed E-state index contributed by atoms with van der Waals surface area (Å²) in [7, 11) is 4.00. The molecule has 0 atom stereocenters. The smallest absolute Gasteiger partial charge is 0.291 e. The van der Waals surface area contributed by atoms with Gasteiger partial charge in [-0.15, -0.1) is 16.4 Å². The minimum Gasteiger partial charge on any atom is -0.378 e. The maximum absolute atomic E-state index is 12.6. The summed E-state index contributed by atoms with van der Waals surface area (Å²) in [6.45, 7) is 0. The van der Waals surface area contributed by atoms with Crippen molar-refractivity contribution in [1.29, 1.82) is 0 Å². The Morgan fingerprint density at radius 3 is 2.58 bits per heavy atom. The largest absolute Gasteiger partial charge is 0.378 e. The Kier molecular flexibility index (Phi) is 4.40. The molecule has 3 aromatic heterocycles. The number of thiazole rings is 1. The first-order valence-corrected chi connectivity index (χ1v) is 9.70. The zero-order chi connectivity index (χ0) is 18.1. The zero-order valence-electron chi connectivity index (χ0n) is 14.3. The van der Waals surface area contributed by atoms with E-state index >= 15 is 0 Å². The van der Waals surface area contributed by atoms with E-state index in [0.29, 0.717) is 15.3 Å². The van der Waals surface area contributed by atoms with Crippen molar-refractivity contribution in [3.63, 3.8) is 0 Å². The van der Waals surface area contributed by atoms with Gasteiger partial charge in [-0.2, -0.15) is 9.50 Å². The molecule has 0 aliphatic rings. The fraction of sp³-hybridized carbons (Fsp3) is 0.105. The van der Waals surface area contributed by atoms with Gasteiger partial charge in [0.2, 0.25) is 4.96 Å². The molecule has 4 aromatic rings. The third-order valence-electron chi connectivity index (χ3n) is 3.85. The van der Waals surface area contributed by atoms with Gasteiger partial charge in [0.15, 0.2) is 5.82 Å². The molecule has 0 saturated heterocycles.